The Morgan fingerprint density at radius 2 is 1.97 bits per heavy atom. The van der Waals surface area contributed by atoms with Crippen molar-refractivity contribution in [3.8, 4) is 17.3 Å². The van der Waals surface area contributed by atoms with Crippen molar-refractivity contribution in [3.05, 3.63) is 60.6 Å². The van der Waals surface area contributed by atoms with Gasteiger partial charge in [-0.25, -0.2) is 0 Å². The van der Waals surface area contributed by atoms with Crippen LogP contribution in [0.4, 0.5) is 0 Å². The lowest BCUT2D eigenvalue weighted by atomic mass is 10.3. The number of benzene rings is 1. The molecule has 2 heterocycles. The van der Waals surface area contributed by atoms with Gasteiger partial charge in [0.2, 0.25) is 0 Å². The molecule has 2 aromatic heterocycles. The Bertz CT molecular complexity index is 873. The zero-order valence-electron chi connectivity index (χ0n) is 16.5. The van der Waals surface area contributed by atoms with E-state index in [0.29, 0.717) is 43.5 Å². The molecular weight excluding hydrogens is 483 g/mol. The minimum absolute atomic E-state index is 0. The molecule has 0 radical (unpaired) electrons. The lowest BCUT2D eigenvalue weighted by Crippen LogP contribution is -2.41. The van der Waals surface area contributed by atoms with Gasteiger partial charge in [0.25, 0.3) is 5.89 Å². The van der Waals surface area contributed by atoms with Crippen molar-refractivity contribution >= 4 is 29.9 Å². The molecule has 0 atom stereocenters. The van der Waals surface area contributed by atoms with E-state index in [1.165, 1.54) is 0 Å². The average molecular weight is 508 g/mol. The third-order valence-corrected chi connectivity index (χ3v) is 4.00. The van der Waals surface area contributed by atoms with E-state index in [2.05, 4.69) is 25.4 Å². The summed E-state index contributed by atoms with van der Waals surface area (Å²) in [7, 11) is 3.72. The second kappa shape index (κ2) is 12.0. The molecule has 0 unspecified atom stereocenters. The fourth-order valence-corrected chi connectivity index (χ4v) is 2.54. The maximum Gasteiger partial charge on any atom is 0.276 e. The fourth-order valence-electron chi connectivity index (χ4n) is 2.54. The number of aliphatic imine (C=N–C) groups is 1. The first-order chi connectivity index (χ1) is 13.8. The Hall–Kier alpha value is -2.69. The van der Waals surface area contributed by atoms with Crippen LogP contribution >= 0.6 is 24.0 Å². The maximum atomic E-state index is 5.73. The van der Waals surface area contributed by atoms with Gasteiger partial charge in [0.15, 0.2) is 11.8 Å². The van der Waals surface area contributed by atoms with Gasteiger partial charge in [-0.3, -0.25) is 9.98 Å². The van der Waals surface area contributed by atoms with E-state index < -0.39 is 0 Å². The van der Waals surface area contributed by atoms with Gasteiger partial charge in [-0.1, -0.05) is 29.4 Å². The predicted molar refractivity (Wildman–Crippen MR) is 123 cm³/mol. The minimum Gasteiger partial charge on any atom is -0.492 e. The van der Waals surface area contributed by atoms with Gasteiger partial charge in [-0.05, 0) is 24.3 Å². The number of hydrogen-bond donors (Lipinski definition) is 1. The first-order valence-corrected chi connectivity index (χ1v) is 9.10. The minimum atomic E-state index is 0. The van der Waals surface area contributed by atoms with Crippen LogP contribution in [0.15, 0.2) is 64.2 Å². The Morgan fingerprint density at radius 3 is 2.69 bits per heavy atom. The van der Waals surface area contributed by atoms with Gasteiger partial charge in [-0.2, -0.15) is 4.98 Å². The zero-order chi connectivity index (χ0) is 19.6. The molecule has 29 heavy (non-hydrogen) atoms. The zero-order valence-corrected chi connectivity index (χ0v) is 18.8. The molecule has 0 aliphatic heterocycles. The van der Waals surface area contributed by atoms with Crippen LogP contribution in [0.25, 0.3) is 11.6 Å². The second-order valence-electron chi connectivity index (χ2n) is 6.04. The molecule has 3 rings (SSSR count). The molecule has 0 fully saturated rings. The number of halogens is 1. The number of pyridine rings is 1. The summed E-state index contributed by atoms with van der Waals surface area (Å²) in [5, 5.41) is 7.30. The number of nitrogens with one attached hydrogen (secondary N) is 1. The Balaban J connectivity index is 0.00000300. The Morgan fingerprint density at radius 1 is 1.17 bits per heavy atom. The first kappa shape index (κ1) is 22.6. The summed E-state index contributed by atoms with van der Waals surface area (Å²) in [6.07, 6.45) is 2.31. The van der Waals surface area contributed by atoms with E-state index in [1.807, 2.05) is 60.5 Å². The Kier molecular flexibility index (Phi) is 9.35. The van der Waals surface area contributed by atoms with E-state index in [0.717, 1.165) is 11.7 Å². The van der Waals surface area contributed by atoms with Crippen LogP contribution < -0.4 is 10.1 Å². The summed E-state index contributed by atoms with van der Waals surface area (Å²) < 4.78 is 11.0. The van der Waals surface area contributed by atoms with Crippen LogP contribution in [-0.4, -0.2) is 59.8 Å². The van der Waals surface area contributed by atoms with Crippen molar-refractivity contribution < 1.29 is 9.26 Å². The topological polar surface area (TPSA) is 88.7 Å². The van der Waals surface area contributed by atoms with Crippen molar-refractivity contribution in [2.75, 3.05) is 33.8 Å². The van der Waals surface area contributed by atoms with Crippen LogP contribution in [-0.2, 0) is 6.42 Å². The molecule has 3 aromatic rings. The molecule has 0 aliphatic rings. The van der Waals surface area contributed by atoms with E-state index in [9.17, 15) is 0 Å². The van der Waals surface area contributed by atoms with Gasteiger partial charge in [0.1, 0.15) is 18.1 Å². The molecular formula is C20H25IN6O2. The quantitative estimate of drug-likeness (QED) is 0.285. The molecule has 0 spiro atoms. The van der Waals surface area contributed by atoms with Gasteiger partial charge in [0, 0.05) is 33.3 Å². The Labute approximate surface area is 187 Å². The number of ether oxygens (including phenoxy) is 1. The highest BCUT2D eigenvalue weighted by molar-refractivity contribution is 14.0. The number of para-hydroxylation sites is 1. The summed E-state index contributed by atoms with van der Waals surface area (Å²) in [6, 6.07) is 15.3. The van der Waals surface area contributed by atoms with Crippen molar-refractivity contribution in [2.45, 2.75) is 6.42 Å². The van der Waals surface area contributed by atoms with Gasteiger partial charge < -0.3 is 19.5 Å². The van der Waals surface area contributed by atoms with Gasteiger partial charge >= 0.3 is 0 Å². The molecule has 9 heteroatoms. The number of hydrogen-bond acceptors (Lipinski definition) is 6. The monoisotopic (exact) mass is 508 g/mol. The van der Waals surface area contributed by atoms with Gasteiger partial charge in [-0.15, -0.1) is 24.0 Å². The van der Waals surface area contributed by atoms with E-state index in [1.54, 1.807) is 13.2 Å². The van der Waals surface area contributed by atoms with E-state index in [-0.39, 0.29) is 24.0 Å². The number of nitrogens with zero attached hydrogens (tertiary/aromatic N) is 5. The number of rotatable bonds is 8. The van der Waals surface area contributed by atoms with Crippen LogP contribution in [0.1, 0.15) is 5.82 Å². The SMILES string of the molecule is CN=C(NCCc1noc(-c2ccccn2)n1)N(C)CCOc1ccccc1.I. The average Bonchev–Trinajstić information content (AvgIpc) is 3.21. The number of guanidine groups is 1. The highest BCUT2D eigenvalue weighted by Gasteiger charge is 2.10. The lowest BCUT2D eigenvalue weighted by Gasteiger charge is -2.21. The molecule has 0 amide bonds. The fraction of sp³-hybridized carbons (Fsp3) is 0.300. The number of likely N-dealkylation sites (N-methyl/N-ethyl adjacent to an activating group) is 1. The van der Waals surface area contributed by atoms with Gasteiger partial charge in [0.05, 0.1) is 6.54 Å². The molecule has 154 valence electrons. The maximum absolute atomic E-state index is 5.73. The molecule has 0 aliphatic carbocycles. The third-order valence-electron chi connectivity index (χ3n) is 4.00. The van der Waals surface area contributed by atoms with Crippen LogP contribution in [0.2, 0.25) is 0 Å². The smallest absolute Gasteiger partial charge is 0.276 e. The van der Waals surface area contributed by atoms with Crippen molar-refractivity contribution in [1.82, 2.24) is 25.3 Å². The van der Waals surface area contributed by atoms with Crippen molar-refractivity contribution in [2.24, 2.45) is 4.99 Å². The molecule has 0 saturated carbocycles. The largest absolute Gasteiger partial charge is 0.492 e. The standard InChI is InChI=1S/C20H24N6O2.HI/c1-21-20(26(2)14-15-27-16-8-4-3-5-9-16)23-13-11-18-24-19(28-25-18)17-10-6-7-12-22-17;/h3-10,12H,11,13-15H2,1-2H3,(H,21,23);1H. The first-order valence-electron chi connectivity index (χ1n) is 9.10. The van der Waals surface area contributed by atoms with Crippen molar-refractivity contribution in [1.29, 1.82) is 0 Å². The molecule has 0 saturated heterocycles. The molecule has 1 aromatic carbocycles. The summed E-state index contributed by atoms with van der Waals surface area (Å²) in [5.74, 6) is 2.69. The highest BCUT2D eigenvalue weighted by Crippen LogP contribution is 2.13. The summed E-state index contributed by atoms with van der Waals surface area (Å²) in [6.45, 7) is 1.91. The van der Waals surface area contributed by atoms with E-state index >= 15 is 0 Å². The predicted octanol–water partition coefficient (Wildman–Crippen LogP) is 2.88. The van der Waals surface area contributed by atoms with Crippen LogP contribution in [0.3, 0.4) is 0 Å². The van der Waals surface area contributed by atoms with Crippen molar-refractivity contribution in [3.63, 3.8) is 0 Å². The highest BCUT2D eigenvalue weighted by atomic mass is 127. The molecule has 1 N–H and O–H groups in total. The lowest BCUT2D eigenvalue weighted by molar-refractivity contribution is 0.281. The molecule has 8 nitrogen and oxygen atoms in total. The normalized spacial score (nSPS) is 10.9. The second-order valence-corrected chi connectivity index (χ2v) is 6.04. The summed E-state index contributed by atoms with van der Waals surface area (Å²) in [5.41, 5.74) is 0.670. The molecule has 0 bridgehead atoms. The number of aromatic nitrogens is 3. The third kappa shape index (κ3) is 7.00. The van der Waals surface area contributed by atoms with Crippen LogP contribution in [0.5, 0.6) is 5.75 Å². The van der Waals surface area contributed by atoms with E-state index in [4.69, 9.17) is 9.26 Å². The van der Waals surface area contributed by atoms with Crippen LogP contribution in [0, 0.1) is 0 Å². The summed E-state index contributed by atoms with van der Waals surface area (Å²) in [4.78, 5) is 14.9. The summed E-state index contributed by atoms with van der Waals surface area (Å²) >= 11 is 0.